The van der Waals surface area contributed by atoms with Crippen LogP contribution < -0.4 is 14.2 Å². The minimum atomic E-state index is -3.36. The predicted molar refractivity (Wildman–Crippen MR) is 125 cm³/mol. The largest absolute Gasteiger partial charge is 0.493 e. The van der Waals surface area contributed by atoms with E-state index >= 15 is 0 Å². The predicted octanol–water partition coefficient (Wildman–Crippen LogP) is 4.51. The molecule has 1 aliphatic rings. The van der Waals surface area contributed by atoms with E-state index in [0.29, 0.717) is 22.7 Å². The van der Waals surface area contributed by atoms with Crippen molar-refractivity contribution in [2.45, 2.75) is 26.3 Å². The maximum absolute atomic E-state index is 11.5. The Hall–Kier alpha value is -3.44. The normalized spacial score (nSPS) is 14.8. The Morgan fingerprint density at radius 2 is 1.75 bits per heavy atom. The number of sulfonamides is 1. The molecule has 0 radical (unpaired) electrons. The van der Waals surface area contributed by atoms with E-state index in [-0.39, 0.29) is 6.04 Å². The number of nitrogens with zero attached hydrogens (tertiary/aromatic N) is 2. The monoisotopic (exact) mass is 451 g/mol. The van der Waals surface area contributed by atoms with Gasteiger partial charge in [-0.2, -0.15) is 5.26 Å². The fourth-order valence-corrected chi connectivity index (χ4v) is 5.19. The van der Waals surface area contributed by atoms with Crippen molar-refractivity contribution in [2.75, 3.05) is 25.2 Å². The third kappa shape index (κ3) is 3.59. The van der Waals surface area contributed by atoms with Crippen molar-refractivity contribution >= 4 is 15.7 Å². The van der Waals surface area contributed by atoms with Crippen LogP contribution in [0.25, 0.3) is 22.4 Å². The van der Waals surface area contributed by atoms with Gasteiger partial charge in [-0.15, -0.1) is 0 Å². The molecule has 166 valence electrons. The van der Waals surface area contributed by atoms with Crippen molar-refractivity contribution < 1.29 is 17.9 Å². The number of benzene rings is 2. The van der Waals surface area contributed by atoms with Crippen LogP contribution in [-0.4, -0.2) is 33.5 Å². The van der Waals surface area contributed by atoms with Gasteiger partial charge in [0.05, 0.1) is 31.7 Å². The molecule has 0 saturated heterocycles. The van der Waals surface area contributed by atoms with E-state index in [1.54, 1.807) is 26.4 Å². The molecular weight excluding hydrogens is 426 g/mol. The molecule has 1 atom stereocenters. The van der Waals surface area contributed by atoms with E-state index in [1.165, 1.54) is 0 Å². The Balaban J connectivity index is 1.92. The molecule has 1 aromatic heterocycles. The van der Waals surface area contributed by atoms with Gasteiger partial charge in [0.15, 0.2) is 11.5 Å². The standard InChI is InChI=1S/C24H25N3O4S/c1-14-10-17-11-21(30-3)22(31-4)12-19(17)24-20(13-25)23(15(2)27(14)24)16-6-8-18(9-7-16)26-32(5,28)29/h6-9,11-12,14,26H,10H2,1-5H3. The maximum Gasteiger partial charge on any atom is 0.229 e. The molecule has 0 saturated carbocycles. The van der Waals surface area contributed by atoms with Gasteiger partial charge < -0.3 is 14.0 Å². The number of rotatable bonds is 5. The molecule has 7 nitrogen and oxygen atoms in total. The molecule has 1 unspecified atom stereocenters. The first-order valence-electron chi connectivity index (χ1n) is 10.2. The summed E-state index contributed by atoms with van der Waals surface area (Å²) >= 11 is 0. The van der Waals surface area contributed by atoms with E-state index in [1.807, 2.05) is 31.2 Å². The number of aromatic nitrogens is 1. The van der Waals surface area contributed by atoms with Gasteiger partial charge in [0.25, 0.3) is 0 Å². The van der Waals surface area contributed by atoms with Crippen LogP contribution in [-0.2, 0) is 16.4 Å². The van der Waals surface area contributed by atoms with E-state index in [2.05, 4.69) is 22.3 Å². The SMILES string of the molecule is COc1cc2c(cc1OC)-c1c(C#N)c(-c3ccc(NS(C)(=O)=O)cc3)c(C)n1C(C)C2. The first-order chi connectivity index (χ1) is 15.2. The Labute approximate surface area is 188 Å². The molecule has 4 rings (SSSR count). The second-order valence-corrected chi connectivity index (χ2v) is 9.78. The number of ether oxygens (including phenoxy) is 2. The highest BCUT2D eigenvalue weighted by molar-refractivity contribution is 7.92. The van der Waals surface area contributed by atoms with Crippen molar-refractivity contribution in [1.29, 1.82) is 5.26 Å². The van der Waals surface area contributed by atoms with Crippen LogP contribution in [0.5, 0.6) is 11.5 Å². The van der Waals surface area contributed by atoms with Crippen molar-refractivity contribution in [3.05, 3.63) is 53.2 Å². The zero-order chi connectivity index (χ0) is 23.2. The summed E-state index contributed by atoms with van der Waals surface area (Å²) < 4.78 is 38.7. The van der Waals surface area contributed by atoms with Gasteiger partial charge in [-0.1, -0.05) is 12.1 Å². The first-order valence-corrected chi connectivity index (χ1v) is 12.1. The summed E-state index contributed by atoms with van der Waals surface area (Å²) in [5, 5.41) is 10.2. The Morgan fingerprint density at radius 1 is 1.12 bits per heavy atom. The van der Waals surface area contributed by atoms with Crippen LogP contribution in [0.4, 0.5) is 5.69 Å². The summed E-state index contributed by atoms with van der Waals surface area (Å²) in [6.07, 6.45) is 1.92. The average Bonchev–Trinajstić information content (AvgIpc) is 3.05. The van der Waals surface area contributed by atoms with Crippen LogP contribution in [0, 0.1) is 18.3 Å². The fourth-order valence-electron chi connectivity index (χ4n) is 4.62. The quantitative estimate of drug-likeness (QED) is 0.616. The van der Waals surface area contributed by atoms with Crippen LogP contribution in [0.2, 0.25) is 0 Å². The van der Waals surface area contributed by atoms with Crippen LogP contribution in [0.3, 0.4) is 0 Å². The van der Waals surface area contributed by atoms with E-state index < -0.39 is 10.0 Å². The summed E-state index contributed by atoms with van der Waals surface area (Å²) in [5.41, 5.74) is 6.70. The lowest BCUT2D eigenvalue weighted by Gasteiger charge is -2.28. The summed E-state index contributed by atoms with van der Waals surface area (Å²) in [7, 11) is -0.144. The molecule has 32 heavy (non-hydrogen) atoms. The number of hydrogen-bond donors (Lipinski definition) is 1. The molecule has 2 aromatic carbocycles. The summed E-state index contributed by atoms with van der Waals surface area (Å²) in [6.45, 7) is 4.16. The molecule has 0 amide bonds. The molecule has 2 heterocycles. The molecule has 0 aliphatic carbocycles. The van der Waals surface area contributed by atoms with Crippen LogP contribution >= 0.6 is 0 Å². The summed E-state index contributed by atoms with van der Waals surface area (Å²) in [6, 6.07) is 13.6. The summed E-state index contributed by atoms with van der Waals surface area (Å²) in [5.74, 6) is 1.29. The Kier molecular flexibility index (Phi) is 5.39. The molecular formula is C24H25N3O4S. The maximum atomic E-state index is 11.5. The van der Waals surface area contributed by atoms with E-state index in [0.717, 1.165) is 46.3 Å². The number of fused-ring (bicyclic) bond motifs is 3. The van der Waals surface area contributed by atoms with E-state index in [9.17, 15) is 13.7 Å². The topological polar surface area (TPSA) is 93.3 Å². The lowest BCUT2D eigenvalue weighted by molar-refractivity contribution is 0.354. The number of anilines is 1. The van der Waals surface area contributed by atoms with Crippen molar-refractivity contribution in [3.8, 4) is 40.0 Å². The Morgan fingerprint density at radius 3 is 2.31 bits per heavy atom. The Bertz CT molecular complexity index is 1350. The molecule has 1 aliphatic heterocycles. The molecule has 0 fully saturated rings. The van der Waals surface area contributed by atoms with Gasteiger partial charge in [0.1, 0.15) is 6.07 Å². The number of nitrogens with one attached hydrogen (secondary N) is 1. The number of nitriles is 1. The van der Waals surface area contributed by atoms with Crippen LogP contribution in [0.15, 0.2) is 36.4 Å². The van der Waals surface area contributed by atoms with Gasteiger partial charge in [-0.3, -0.25) is 4.72 Å². The van der Waals surface area contributed by atoms with Crippen molar-refractivity contribution in [2.24, 2.45) is 0 Å². The van der Waals surface area contributed by atoms with Gasteiger partial charge in [-0.25, -0.2) is 8.42 Å². The highest BCUT2D eigenvalue weighted by Crippen LogP contribution is 2.47. The highest BCUT2D eigenvalue weighted by Gasteiger charge is 2.31. The van der Waals surface area contributed by atoms with Crippen molar-refractivity contribution in [3.63, 3.8) is 0 Å². The zero-order valence-electron chi connectivity index (χ0n) is 18.7. The van der Waals surface area contributed by atoms with Crippen LogP contribution in [0.1, 0.15) is 29.8 Å². The molecule has 1 N–H and O–H groups in total. The van der Waals surface area contributed by atoms with Gasteiger partial charge in [0, 0.05) is 28.6 Å². The van der Waals surface area contributed by atoms with E-state index in [4.69, 9.17) is 9.47 Å². The minimum absolute atomic E-state index is 0.155. The number of hydrogen-bond acceptors (Lipinski definition) is 5. The second kappa shape index (κ2) is 7.92. The lowest BCUT2D eigenvalue weighted by atomic mass is 9.91. The smallest absolute Gasteiger partial charge is 0.229 e. The summed E-state index contributed by atoms with van der Waals surface area (Å²) in [4.78, 5) is 0. The second-order valence-electron chi connectivity index (χ2n) is 8.03. The van der Waals surface area contributed by atoms with Gasteiger partial charge in [0.2, 0.25) is 10.0 Å². The fraction of sp³-hybridized carbons (Fsp3) is 0.292. The van der Waals surface area contributed by atoms with Gasteiger partial charge in [-0.05, 0) is 55.7 Å². The highest BCUT2D eigenvalue weighted by atomic mass is 32.2. The zero-order valence-corrected chi connectivity index (χ0v) is 19.5. The lowest BCUT2D eigenvalue weighted by Crippen LogP contribution is -2.17. The van der Waals surface area contributed by atoms with Crippen molar-refractivity contribution in [1.82, 2.24) is 4.57 Å². The first kappa shape index (κ1) is 21.8. The van der Waals surface area contributed by atoms with Gasteiger partial charge >= 0.3 is 0 Å². The third-order valence-corrected chi connectivity index (χ3v) is 6.47. The molecule has 8 heteroatoms. The number of methoxy groups -OCH3 is 2. The molecule has 0 bridgehead atoms. The average molecular weight is 452 g/mol. The minimum Gasteiger partial charge on any atom is -0.493 e. The third-order valence-electron chi connectivity index (χ3n) is 5.86. The molecule has 0 spiro atoms. The molecule has 3 aromatic rings.